The van der Waals surface area contributed by atoms with Crippen molar-refractivity contribution < 1.29 is 14.3 Å². The van der Waals surface area contributed by atoms with Crippen molar-refractivity contribution in [3.63, 3.8) is 0 Å². The molecule has 2 aromatic rings. The second-order valence-electron chi connectivity index (χ2n) is 6.18. The third-order valence-corrected chi connectivity index (χ3v) is 4.39. The molecule has 0 aromatic heterocycles. The summed E-state index contributed by atoms with van der Waals surface area (Å²) in [5.41, 5.74) is 2.91. The van der Waals surface area contributed by atoms with Gasteiger partial charge in [0, 0.05) is 30.2 Å². The van der Waals surface area contributed by atoms with Gasteiger partial charge in [0.2, 0.25) is 5.91 Å². The minimum Gasteiger partial charge on any atom is -0.465 e. The molecule has 6 nitrogen and oxygen atoms in total. The number of ether oxygens (including phenoxy) is 1. The zero-order chi connectivity index (χ0) is 18.4. The van der Waals surface area contributed by atoms with Crippen LogP contribution in [0.2, 0.25) is 0 Å². The van der Waals surface area contributed by atoms with Crippen LogP contribution >= 0.6 is 0 Å². The SMILES string of the molecule is COC(=O)c1ccccc1NCC(=O)Nc1ccc(N2CCCC2)cc1. The quantitative estimate of drug-likeness (QED) is 0.781. The van der Waals surface area contributed by atoms with Gasteiger partial charge in [-0.2, -0.15) is 0 Å². The number of benzene rings is 2. The van der Waals surface area contributed by atoms with Gasteiger partial charge in [0.1, 0.15) is 0 Å². The first-order chi connectivity index (χ1) is 12.7. The Labute approximate surface area is 153 Å². The first-order valence-electron chi connectivity index (χ1n) is 8.73. The maximum absolute atomic E-state index is 12.2. The molecule has 1 aliphatic rings. The Morgan fingerprint density at radius 3 is 2.42 bits per heavy atom. The molecule has 2 aromatic carbocycles. The third kappa shape index (κ3) is 4.33. The van der Waals surface area contributed by atoms with Crippen LogP contribution in [-0.4, -0.2) is 38.6 Å². The average Bonchev–Trinajstić information content (AvgIpc) is 3.21. The van der Waals surface area contributed by atoms with Gasteiger partial charge < -0.3 is 20.3 Å². The number of carbonyl (C=O) groups excluding carboxylic acids is 2. The molecular weight excluding hydrogens is 330 g/mol. The number of para-hydroxylation sites is 1. The fourth-order valence-corrected chi connectivity index (χ4v) is 3.04. The van der Waals surface area contributed by atoms with Gasteiger partial charge in [-0.1, -0.05) is 12.1 Å². The molecular formula is C20H23N3O3. The highest BCUT2D eigenvalue weighted by atomic mass is 16.5. The van der Waals surface area contributed by atoms with Gasteiger partial charge in [-0.25, -0.2) is 4.79 Å². The van der Waals surface area contributed by atoms with E-state index in [1.54, 1.807) is 24.3 Å². The summed E-state index contributed by atoms with van der Waals surface area (Å²) in [6.07, 6.45) is 2.47. The van der Waals surface area contributed by atoms with Crippen molar-refractivity contribution in [2.24, 2.45) is 0 Å². The molecule has 0 atom stereocenters. The van der Waals surface area contributed by atoms with Crippen molar-refractivity contribution in [3.8, 4) is 0 Å². The maximum Gasteiger partial charge on any atom is 0.339 e. The van der Waals surface area contributed by atoms with Crippen molar-refractivity contribution in [2.75, 3.05) is 42.3 Å². The molecule has 1 heterocycles. The van der Waals surface area contributed by atoms with E-state index in [2.05, 4.69) is 15.5 Å². The number of rotatable bonds is 6. The van der Waals surface area contributed by atoms with Crippen molar-refractivity contribution >= 4 is 28.9 Å². The molecule has 1 saturated heterocycles. The number of hydrogen-bond donors (Lipinski definition) is 2. The number of nitrogens with one attached hydrogen (secondary N) is 2. The van der Waals surface area contributed by atoms with Gasteiger partial charge in [0.05, 0.1) is 19.2 Å². The maximum atomic E-state index is 12.2. The first-order valence-corrected chi connectivity index (χ1v) is 8.73. The number of hydrogen-bond acceptors (Lipinski definition) is 5. The van der Waals surface area contributed by atoms with Crippen LogP contribution in [0.5, 0.6) is 0 Å². The van der Waals surface area contributed by atoms with Crippen LogP contribution in [0, 0.1) is 0 Å². The van der Waals surface area contributed by atoms with Crippen molar-refractivity contribution in [1.82, 2.24) is 0 Å². The average molecular weight is 353 g/mol. The Balaban J connectivity index is 1.55. The lowest BCUT2D eigenvalue weighted by Gasteiger charge is -2.18. The molecule has 6 heteroatoms. The van der Waals surface area contributed by atoms with Gasteiger partial charge in [-0.3, -0.25) is 4.79 Å². The van der Waals surface area contributed by atoms with E-state index in [9.17, 15) is 9.59 Å². The largest absolute Gasteiger partial charge is 0.465 e. The molecule has 0 aliphatic carbocycles. The highest BCUT2D eigenvalue weighted by Crippen LogP contribution is 2.22. The van der Waals surface area contributed by atoms with Crippen LogP contribution in [0.1, 0.15) is 23.2 Å². The standard InChI is InChI=1S/C20H23N3O3/c1-26-20(25)17-6-2-3-7-18(17)21-14-19(24)22-15-8-10-16(11-9-15)23-12-4-5-13-23/h2-3,6-11,21H,4-5,12-14H2,1H3,(H,22,24). The molecule has 0 unspecified atom stereocenters. The van der Waals surface area contributed by atoms with Crippen LogP contribution in [-0.2, 0) is 9.53 Å². The molecule has 0 bridgehead atoms. The van der Waals surface area contributed by atoms with E-state index in [0.717, 1.165) is 18.8 Å². The Morgan fingerprint density at radius 1 is 1.04 bits per heavy atom. The highest BCUT2D eigenvalue weighted by molar-refractivity contribution is 5.98. The first kappa shape index (κ1) is 17.8. The molecule has 0 radical (unpaired) electrons. The Kier molecular flexibility index (Phi) is 5.73. The molecule has 2 N–H and O–H groups in total. The van der Waals surface area contributed by atoms with Gasteiger partial charge >= 0.3 is 5.97 Å². The molecule has 0 spiro atoms. The Morgan fingerprint density at radius 2 is 1.73 bits per heavy atom. The van der Waals surface area contributed by atoms with Crippen molar-refractivity contribution in [1.29, 1.82) is 0 Å². The van der Waals surface area contributed by atoms with E-state index >= 15 is 0 Å². The molecule has 136 valence electrons. The predicted molar refractivity (Wildman–Crippen MR) is 103 cm³/mol. The van der Waals surface area contributed by atoms with E-state index in [-0.39, 0.29) is 12.5 Å². The summed E-state index contributed by atoms with van der Waals surface area (Å²) >= 11 is 0. The molecule has 1 amide bonds. The zero-order valence-electron chi connectivity index (χ0n) is 14.8. The van der Waals surface area contributed by atoms with E-state index in [1.165, 1.54) is 25.6 Å². The minimum absolute atomic E-state index is 0.0574. The molecule has 1 fully saturated rings. The summed E-state index contributed by atoms with van der Waals surface area (Å²) in [7, 11) is 1.33. The summed E-state index contributed by atoms with van der Waals surface area (Å²) in [5, 5.41) is 5.84. The van der Waals surface area contributed by atoms with Crippen LogP contribution in [0.15, 0.2) is 48.5 Å². The fraction of sp³-hybridized carbons (Fsp3) is 0.300. The summed E-state index contributed by atoms with van der Waals surface area (Å²) in [5.74, 6) is -0.621. The van der Waals surface area contributed by atoms with Crippen molar-refractivity contribution in [2.45, 2.75) is 12.8 Å². The lowest BCUT2D eigenvalue weighted by atomic mass is 10.2. The van der Waals surface area contributed by atoms with Gasteiger partial charge in [-0.05, 0) is 49.2 Å². The summed E-state index contributed by atoms with van der Waals surface area (Å²) < 4.78 is 4.75. The van der Waals surface area contributed by atoms with E-state index < -0.39 is 5.97 Å². The smallest absolute Gasteiger partial charge is 0.339 e. The number of amides is 1. The number of anilines is 3. The fourth-order valence-electron chi connectivity index (χ4n) is 3.04. The second kappa shape index (κ2) is 8.38. The summed E-state index contributed by atoms with van der Waals surface area (Å²) in [6.45, 7) is 2.24. The van der Waals surface area contributed by atoms with Gasteiger partial charge in [0.25, 0.3) is 0 Å². The number of nitrogens with zero attached hydrogens (tertiary/aromatic N) is 1. The minimum atomic E-state index is -0.439. The Bertz CT molecular complexity index is 768. The van der Waals surface area contributed by atoms with Crippen molar-refractivity contribution in [3.05, 3.63) is 54.1 Å². The molecule has 0 saturated carbocycles. The van der Waals surface area contributed by atoms with E-state index in [4.69, 9.17) is 4.74 Å². The monoisotopic (exact) mass is 353 g/mol. The number of methoxy groups -OCH3 is 1. The van der Waals surface area contributed by atoms with Crippen LogP contribution < -0.4 is 15.5 Å². The predicted octanol–water partition coefficient (Wildman–Crippen LogP) is 3.12. The van der Waals surface area contributed by atoms with Gasteiger partial charge in [0.15, 0.2) is 0 Å². The summed E-state index contributed by atoms with van der Waals surface area (Å²) in [6, 6.07) is 14.8. The van der Waals surface area contributed by atoms with Crippen LogP contribution in [0.3, 0.4) is 0 Å². The Hall–Kier alpha value is -3.02. The normalized spacial score (nSPS) is 13.3. The highest BCUT2D eigenvalue weighted by Gasteiger charge is 2.13. The number of carbonyl (C=O) groups is 2. The zero-order valence-corrected chi connectivity index (χ0v) is 14.8. The van der Waals surface area contributed by atoms with Gasteiger partial charge in [-0.15, -0.1) is 0 Å². The lowest BCUT2D eigenvalue weighted by Crippen LogP contribution is -2.23. The lowest BCUT2D eigenvalue weighted by molar-refractivity contribution is -0.114. The van der Waals surface area contributed by atoms with Crippen LogP contribution in [0.25, 0.3) is 0 Å². The summed E-state index contributed by atoms with van der Waals surface area (Å²) in [4.78, 5) is 26.3. The second-order valence-corrected chi connectivity index (χ2v) is 6.18. The number of esters is 1. The topological polar surface area (TPSA) is 70.7 Å². The molecule has 26 heavy (non-hydrogen) atoms. The van der Waals surface area contributed by atoms with Crippen LogP contribution in [0.4, 0.5) is 17.1 Å². The molecule has 3 rings (SSSR count). The van der Waals surface area contributed by atoms with E-state index in [1.807, 2.05) is 24.3 Å². The molecule has 1 aliphatic heterocycles. The third-order valence-electron chi connectivity index (χ3n) is 4.39. The van der Waals surface area contributed by atoms with E-state index in [0.29, 0.717) is 11.3 Å².